The molecule has 11 aliphatic rings. The van der Waals surface area contributed by atoms with Crippen LogP contribution in [0.1, 0.15) is 32.1 Å². The van der Waals surface area contributed by atoms with Crippen LogP contribution in [0.2, 0.25) is 0 Å². The van der Waals surface area contributed by atoms with Crippen molar-refractivity contribution in [2.45, 2.75) is 152 Å². The second-order valence-corrected chi connectivity index (χ2v) is 20.7. The highest BCUT2D eigenvalue weighted by molar-refractivity contribution is 5.35. The van der Waals surface area contributed by atoms with Crippen LogP contribution in [0.5, 0.6) is 0 Å². The number of alkyl halides is 36. The Bertz CT molecular complexity index is 2160. The summed E-state index contributed by atoms with van der Waals surface area (Å²) in [5.41, 5.74) is -43.4. The van der Waals surface area contributed by atoms with E-state index < -0.39 is 150 Å². The molecule has 0 amide bonds. The zero-order valence-electron chi connectivity index (χ0n) is 38.0. The summed E-state index contributed by atoms with van der Waals surface area (Å²) in [6.45, 7) is 0. The molecule has 11 rings (SSSR count). The minimum absolute atomic E-state index is 0.0578. The number of fused-ring (bicyclic) bond motifs is 2. The quantitative estimate of drug-likeness (QED) is 0.150. The van der Waals surface area contributed by atoms with Crippen LogP contribution in [0.25, 0.3) is 0 Å². The smallest absolute Gasteiger partial charge is 0.371 e. The summed E-state index contributed by atoms with van der Waals surface area (Å²) in [4.78, 5) is 0. The van der Waals surface area contributed by atoms with Gasteiger partial charge in [-0.05, 0) is 97.2 Å². The lowest BCUT2D eigenvalue weighted by atomic mass is 9.78. The van der Waals surface area contributed by atoms with Gasteiger partial charge in [0.05, 0.1) is 12.2 Å². The number of halogens is 36. The predicted octanol–water partition coefficient (Wildman–Crippen LogP) is 12.9. The molecule has 0 aromatic carbocycles. The molecule has 474 valence electrons. The molecule has 0 saturated heterocycles. The van der Waals surface area contributed by atoms with Crippen LogP contribution in [0, 0.1) is 71.0 Å². The van der Waals surface area contributed by atoms with Crippen LogP contribution in [0.15, 0.2) is 12.2 Å². The van der Waals surface area contributed by atoms with E-state index in [4.69, 9.17) is 20.4 Å². The van der Waals surface area contributed by atoms with E-state index in [2.05, 4.69) is 9.47 Å². The van der Waals surface area contributed by atoms with E-state index in [1.807, 2.05) is 0 Å². The zero-order chi connectivity index (χ0) is 63.4. The first-order valence-corrected chi connectivity index (χ1v) is 22.1. The van der Waals surface area contributed by atoms with E-state index in [0.717, 1.165) is 6.08 Å². The number of hydrogen-bond acceptors (Lipinski definition) is 6. The van der Waals surface area contributed by atoms with E-state index in [1.165, 1.54) is 41.6 Å². The molecule has 42 heteroatoms. The van der Waals surface area contributed by atoms with Crippen LogP contribution in [0.3, 0.4) is 0 Å². The van der Waals surface area contributed by atoms with Gasteiger partial charge in [0.2, 0.25) is 0 Å². The molecule has 0 aliphatic heterocycles. The largest absolute Gasteiger partial charge is 0.430 e. The van der Waals surface area contributed by atoms with Crippen molar-refractivity contribution < 1.29 is 188 Å². The Morgan fingerprint density at radius 3 is 0.716 bits per heavy atom. The van der Waals surface area contributed by atoms with Crippen molar-refractivity contribution in [2.24, 2.45) is 71.0 Å². The van der Waals surface area contributed by atoms with Gasteiger partial charge in [0.25, 0.3) is 0 Å². The lowest BCUT2D eigenvalue weighted by Crippen LogP contribution is -2.82. The zero-order valence-corrected chi connectivity index (χ0v) is 38.0. The molecule has 10 saturated carbocycles. The van der Waals surface area contributed by atoms with Gasteiger partial charge in [-0.1, -0.05) is 12.2 Å². The summed E-state index contributed by atoms with van der Waals surface area (Å²) in [6.07, 6.45) is -89.8. The average molecular weight is 1280 g/mol. The SMILES string of the molecule is C1C2C3C2C2C1C32.OC(C(F)(F)F)(C(F)(F)F)C(O)(C(F)(F)F)C(F)(F)F.OC(C(F)(F)F)(C(F)(F)F)C(OC1C2CC3C(C2)C31)(C(F)(F)F)C(F)(F)F.OC(C(F)(F)F)(C(F)(F)F)C(OC1CC2C=CC1C2)(C(F)(F)F)C(F)(F)F. The molecule has 6 atom stereocenters. The van der Waals surface area contributed by atoms with Crippen molar-refractivity contribution in [3.05, 3.63) is 12.2 Å². The van der Waals surface area contributed by atoms with Crippen LogP contribution in [-0.2, 0) is 9.47 Å². The third-order valence-electron chi connectivity index (χ3n) is 16.7. The van der Waals surface area contributed by atoms with Crippen molar-refractivity contribution in [1.82, 2.24) is 0 Å². The van der Waals surface area contributed by atoms with Crippen molar-refractivity contribution in [3.63, 3.8) is 0 Å². The molecule has 8 bridgehead atoms. The topological polar surface area (TPSA) is 99.4 Å². The molecular weight excluding hydrogens is 1250 g/mol. The molecule has 0 spiro atoms. The molecule has 0 aromatic rings. The van der Waals surface area contributed by atoms with Crippen LogP contribution >= 0.6 is 0 Å². The van der Waals surface area contributed by atoms with Gasteiger partial charge < -0.3 is 29.9 Å². The van der Waals surface area contributed by atoms with Gasteiger partial charge in [0, 0.05) is 5.92 Å². The number of rotatable bonds is 7. The highest BCUT2D eigenvalue weighted by Crippen LogP contribution is 2.92. The van der Waals surface area contributed by atoms with Gasteiger partial charge in [0.1, 0.15) is 0 Å². The molecule has 4 N–H and O–H groups in total. The van der Waals surface area contributed by atoms with E-state index in [-0.39, 0.29) is 31.1 Å². The lowest BCUT2D eigenvalue weighted by molar-refractivity contribution is -0.508. The predicted molar refractivity (Wildman–Crippen MR) is 182 cm³/mol. The van der Waals surface area contributed by atoms with Gasteiger partial charge in [-0.2, -0.15) is 158 Å². The molecule has 81 heavy (non-hydrogen) atoms. The van der Waals surface area contributed by atoms with Crippen LogP contribution < -0.4 is 0 Å². The Balaban J connectivity index is 0.000000185. The summed E-state index contributed by atoms with van der Waals surface area (Å²) in [7, 11) is 0. The number of allylic oxidation sites excluding steroid dienone is 1. The Morgan fingerprint density at radius 1 is 0.272 bits per heavy atom. The molecule has 6 nitrogen and oxygen atoms in total. The van der Waals surface area contributed by atoms with Gasteiger partial charge in [-0.15, -0.1) is 0 Å². The Hall–Kier alpha value is -3.02. The third kappa shape index (κ3) is 9.19. The number of ether oxygens (including phenoxy) is 2. The normalized spacial score (nSPS) is 33.0. The summed E-state index contributed by atoms with van der Waals surface area (Å²) < 4.78 is 467. The minimum Gasteiger partial charge on any atom is -0.371 e. The first-order valence-electron chi connectivity index (χ1n) is 22.1. The minimum atomic E-state index is -7.52. The van der Waals surface area contributed by atoms with Gasteiger partial charge in [-0.25, -0.2) is 0 Å². The van der Waals surface area contributed by atoms with Gasteiger partial charge >= 0.3 is 108 Å². The average Bonchev–Trinajstić information content (AvgIpc) is 3.69. The van der Waals surface area contributed by atoms with Crippen molar-refractivity contribution in [2.75, 3.05) is 0 Å². The molecular formula is C39H30F36O6. The second kappa shape index (κ2) is 18.3. The van der Waals surface area contributed by atoms with Crippen LogP contribution in [0.4, 0.5) is 158 Å². The van der Waals surface area contributed by atoms with Crippen molar-refractivity contribution in [1.29, 1.82) is 0 Å². The highest BCUT2D eigenvalue weighted by Gasteiger charge is 2.98. The fourth-order valence-electron chi connectivity index (χ4n) is 13.1. The Kier molecular flexibility index (Phi) is 15.1. The molecule has 6 unspecified atom stereocenters. The number of aliphatic hydroxyl groups is 4. The van der Waals surface area contributed by atoms with E-state index in [1.54, 1.807) is 6.42 Å². The van der Waals surface area contributed by atoms with Crippen molar-refractivity contribution >= 4 is 0 Å². The molecule has 10 fully saturated rings. The monoisotopic (exact) mass is 1280 g/mol. The summed E-state index contributed by atoms with van der Waals surface area (Å²) in [5.74, 6) is 3.17. The molecule has 0 aromatic heterocycles. The first-order chi connectivity index (χ1) is 35.3. The standard InChI is InChI=1S/2C13H10F12O2.C7H8.C6H2F12O2/c14-10(15,16)8(26,11(17,18)19)9(12(20,21)22,13(23,24)25)27-7-3-1-4-5(2-3)6(4)7;14-10(15,16)8(26,11(17,18)19)9(12(20,21)22,13(23,24)25)27-7-4-5-1-2-6(7)3-5;1-2-4-5(2)7-3(1)6(4)7;7-3(8,9)1(19,4(10,11)12)2(20,5(13,14)15)6(16,17)18/h3-7,26H,1-2H2;1-2,5-7,26H,3-4H2;2-7H,1H2;19-20H. The lowest BCUT2D eigenvalue weighted by Gasteiger charge is -2.49. The summed E-state index contributed by atoms with van der Waals surface area (Å²) in [5, 5.41) is 34.4. The van der Waals surface area contributed by atoms with Crippen molar-refractivity contribution in [3.8, 4) is 0 Å². The Morgan fingerprint density at radius 2 is 0.543 bits per heavy atom. The maximum absolute atomic E-state index is 13.4. The maximum Gasteiger partial charge on any atom is 0.430 e. The fourth-order valence-corrected chi connectivity index (χ4v) is 13.1. The molecule has 0 radical (unpaired) electrons. The number of hydrogen-bond donors (Lipinski definition) is 4. The van der Waals surface area contributed by atoms with E-state index in [9.17, 15) is 158 Å². The molecule has 11 aliphatic carbocycles. The third-order valence-corrected chi connectivity index (χ3v) is 16.7. The fraction of sp³-hybridized carbons (Fsp3) is 0.949. The second-order valence-electron chi connectivity index (χ2n) is 20.7. The van der Waals surface area contributed by atoms with Gasteiger partial charge in [0.15, 0.2) is 0 Å². The van der Waals surface area contributed by atoms with E-state index in [0.29, 0.717) is 0 Å². The molecule has 0 heterocycles. The van der Waals surface area contributed by atoms with Crippen LogP contribution in [-0.4, -0.2) is 140 Å². The van der Waals surface area contributed by atoms with Gasteiger partial charge in [-0.3, -0.25) is 0 Å². The summed E-state index contributed by atoms with van der Waals surface area (Å²) in [6, 6.07) is 0. The maximum atomic E-state index is 13.4. The summed E-state index contributed by atoms with van der Waals surface area (Å²) >= 11 is 0. The Labute approximate surface area is 423 Å². The first kappa shape index (κ1) is 67.1. The van der Waals surface area contributed by atoms with E-state index >= 15 is 0 Å². The highest BCUT2D eigenvalue weighted by atomic mass is 19.5.